The molecule has 4 bridgehead atoms. The maximum atomic E-state index is 13.0. The molecular formula is C22H33NO2S. The van der Waals surface area contributed by atoms with Gasteiger partial charge in [-0.25, -0.2) is 13.1 Å². The zero-order valence-electron chi connectivity index (χ0n) is 16.4. The molecule has 1 N–H and O–H groups in total. The number of sulfonamides is 1. The van der Waals surface area contributed by atoms with Crippen molar-refractivity contribution in [3.8, 4) is 0 Å². The molecular weight excluding hydrogens is 342 g/mol. The second-order valence-corrected chi connectivity index (χ2v) is 11.6. The quantitative estimate of drug-likeness (QED) is 0.778. The maximum Gasteiger partial charge on any atom is 0.240 e. The Bertz CT molecular complexity index is 716. The van der Waals surface area contributed by atoms with Crippen molar-refractivity contribution in [2.45, 2.75) is 76.7 Å². The van der Waals surface area contributed by atoms with Crippen molar-refractivity contribution in [3.05, 3.63) is 29.8 Å². The first-order valence-corrected chi connectivity index (χ1v) is 11.9. The van der Waals surface area contributed by atoms with Gasteiger partial charge >= 0.3 is 0 Å². The number of nitrogens with one attached hydrogen (secondary N) is 1. The zero-order chi connectivity index (χ0) is 18.5. The molecule has 0 aliphatic heterocycles. The van der Waals surface area contributed by atoms with Gasteiger partial charge < -0.3 is 0 Å². The van der Waals surface area contributed by atoms with Crippen molar-refractivity contribution in [2.75, 3.05) is 0 Å². The lowest BCUT2D eigenvalue weighted by molar-refractivity contribution is -0.0666. The predicted octanol–water partition coefficient (Wildman–Crippen LogP) is 4.77. The lowest BCUT2D eigenvalue weighted by Gasteiger charge is -2.59. The Kier molecular flexibility index (Phi) is 4.71. The molecule has 0 amide bonds. The highest BCUT2D eigenvalue weighted by molar-refractivity contribution is 7.89. The summed E-state index contributed by atoms with van der Waals surface area (Å²) in [6, 6.07) is 7.49. The van der Waals surface area contributed by atoms with E-state index in [-0.39, 0.29) is 11.5 Å². The summed E-state index contributed by atoms with van der Waals surface area (Å²) >= 11 is 0. The van der Waals surface area contributed by atoms with E-state index in [2.05, 4.69) is 25.5 Å². The van der Waals surface area contributed by atoms with E-state index in [1.165, 1.54) is 44.1 Å². The van der Waals surface area contributed by atoms with Crippen LogP contribution in [-0.2, 0) is 16.4 Å². The highest BCUT2D eigenvalue weighted by Gasteiger charge is 2.53. The van der Waals surface area contributed by atoms with Gasteiger partial charge in [0.15, 0.2) is 0 Å². The summed E-state index contributed by atoms with van der Waals surface area (Å²) in [6.07, 6.45) is 8.79. The molecule has 4 heteroatoms. The normalized spacial score (nSPS) is 34.4. The summed E-state index contributed by atoms with van der Waals surface area (Å²) in [5.41, 5.74) is 1.40. The highest BCUT2D eigenvalue weighted by atomic mass is 32.2. The number of hydrogen-bond acceptors (Lipinski definition) is 2. The fourth-order valence-electron chi connectivity index (χ4n) is 6.41. The Morgan fingerprint density at radius 1 is 0.962 bits per heavy atom. The van der Waals surface area contributed by atoms with Crippen molar-refractivity contribution in [1.29, 1.82) is 0 Å². The number of benzene rings is 1. The van der Waals surface area contributed by atoms with Crippen LogP contribution in [0.2, 0.25) is 0 Å². The van der Waals surface area contributed by atoms with E-state index in [0.29, 0.717) is 10.8 Å². The van der Waals surface area contributed by atoms with Crippen LogP contribution in [0.3, 0.4) is 0 Å². The first-order valence-electron chi connectivity index (χ1n) is 10.4. The molecule has 4 aliphatic carbocycles. The first-order chi connectivity index (χ1) is 12.3. The Balaban J connectivity index is 1.49. The first kappa shape index (κ1) is 18.5. The van der Waals surface area contributed by atoms with Crippen LogP contribution < -0.4 is 4.72 Å². The van der Waals surface area contributed by atoms with Crippen molar-refractivity contribution in [1.82, 2.24) is 4.72 Å². The van der Waals surface area contributed by atoms with Crippen LogP contribution >= 0.6 is 0 Å². The minimum absolute atomic E-state index is 0.0243. The van der Waals surface area contributed by atoms with E-state index in [4.69, 9.17) is 0 Å². The SMILES string of the molecule is CC(C)Cc1ccc(S(=O)(=O)NC(C)C23CC4CC(CC(C4)C2)C3)cc1. The summed E-state index contributed by atoms with van der Waals surface area (Å²) in [5, 5.41) is 0. The molecule has 4 aliphatic rings. The Hall–Kier alpha value is -0.870. The van der Waals surface area contributed by atoms with Crippen LogP contribution in [0.5, 0.6) is 0 Å². The fraction of sp³-hybridized carbons (Fsp3) is 0.727. The van der Waals surface area contributed by atoms with E-state index in [0.717, 1.165) is 24.2 Å². The molecule has 0 radical (unpaired) electrons. The summed E-state index contributed by atoms with van der Waals surface area (Å²) in [5.74, 6) is 3.09. The topological polar surface area (TPSA) is 46.2 Å². The summed E-state index contributed by atoms with van der Waals surface area (Å²) in [6.45, 7) is 6.47. The van der Waals surface area contributed by atoms with Crippen LogP contribution in [-0.4, -0.2) is 14.5 Å². The van der Waals surface area contributed by atoms with Gasteiger partial charge in [-0.3, -0.25) is 0 Å². The standard InChI is InChI=1S/C22H33NO2S/c1-15(2)8-17-4-6-21(7-5-17)26(24,25)23-16(3)22-12-18-9-19(13-22)11-20(10-18)14-22/h4-7,15-16,18-20,23H,8-14H2,1-3H3. The lowest BCUT2D eigenvalue weighted by Crippen LogP contribution is -2.55. The predicted molar refractivity (Wildman–Crippen MR) is 105 cm³/mol. The summed E-state index contributed by atoms with van der Waals surface area (Å²) in [4.78, 5) is 0.404. The van der Waals surface area contributed by atoms with Gasteiger partial charge in [-0.2, -0.15) is 0 Å². The van der Waals surface area contributed by atoms with E-state index >= 15 is 0 Å². The monoisotopic (exact) mass is 375 g/mol. The molecule has 1 unspecified atom stereocenters. The third kappa shape index (κ3) is 3.47. The van der Waals surface area contributed by atoms with E-state index in [9.17, 15) is 8.42 Å². The molecule has 0 saturated heterocycles. The van der Waals surface area contributed by atoms with Crippen molar-refractivity contribution < 1.29 is 8.42 Å². The molecule has 0 aromatic heterocycles. The second kappa shape index (κ2) is 6.63. The molecule has 3 nitrogen and oxygen atoms in total. The Morgan fingerprint density at radius 3 is 1.92 bits per heavy atom. The minimum atomic E-state index is -3.45. The maximum absolute atomic E-state index is 13.0. The average Bonchev–Trinajstić information content (AvgIpc) is 2.53. The van der Waals surface area contributed by atoms with Crippen LogP contribution in [0.25, 0.3) is 0 Å². The van der Waals surface area contributed by atoms with Gasteiger partial charge in [0.05, 0.1) is 4.90 Å². The summed E-state index contributed by atoms with van der Waals surface area (Å²) in [7, 11) is -3.45. The van der Waals surface area contributed by atoms with Crippen LogP contribution in [0, 0.1) is 29.1 Å². The Morgan fingerprint density at radius 2 is 1.46 bits per heavy atom. The third-order valence-electron chi connectivity index (χ3n) is 7.21. The minimum Gasteiger partial charge on any atom is -0.208 e. The zero-order valence-corrected chi connectivity index (χ0v) is 17.2. The molecule has 0 spiro atoms. The van der Waals surface area contributed by atoms with Gasteiger partial charge in [0, 0.05) is 6.04 Å². The molecule has 4 fully saturated rings. The number of hydrogen-bond donors (Lipinski definition) is 1. The van der Waals surface area contributed by atoms with E-state index in [1.54, 1.807) is 12.1 Å². The smallest absolute Gasteiger partial charge is 0.208 e. The van der Waals surface area contributed by atoms with Crippen molar-refractivity contribution in [2.24, 2.45) is 29.1 Å². The van der Waals surface area contributed by atoms with Crippen LogP contribution in [0.1, 0.15) is 64.9 Å². The molecule has 1 atom stereocenters. The molecule has 26 heavy (non-hydrogen) atoms. The molecule has 0 heterocycles. The fourth-order valence-corrected chi connectivity index (χ4v) is 7.76. The van der Waals surface area contributed by atoms with Gasteiger partial charge in [-0.1, -0.05) is 26.0 Å². The molecule has 4 saturated carbocycles. The average molecular weight is 376 g/mol. The van der Waals surface area contributed by atoms with Crippen molar-refractivity contribution >= 4 is 10.0 Å². The van der Waals surface area contributed by atoms with Gasteiger partial charge in [0.1, 0.15) is 0 Å². The highest BCUT2D eigenvalue weighted by Crippen LogP contribution is 2.61. The van der Waals surface area contributed by atoms with Gasteiger partial charge in [-0.15, -0.1) is 0 Å². The Labute approximate surface area is 159 Å². The second-order valence-electron chi connectivity index (χ2n) is 9.86. The molecule has 1 aromatic carbocycles. The largest absolute Gasteiger partial charge is 0.240 e. The third-order valence-corrected chi connectivity index (χ3v) is 8.77. The van der Waals surface area contributed by atoms with E-state index in [1.807, 2.05) is 12.1 Å². The van der Waals surface area contributed by atoms with Crippen LogP contribution in [0.4, 0.5) is 0 Å². The van der Waals surface area contributed by atoms with Gasteiger partial charge in [0.25, 0.3) is 0 Å². The van der Waals surface area contributed by atoms with E-state index < -0.39 is 10.0 Å². The van der Waals surface area contributed by atoms with Crippen molar-refractivity contribution in [3.63, 3.8) is 0 Å². The molecule has 1 aromatic rings. The lowest BCUT2D eigenvalue weighted by atomic mass is 9.48. The van der Waals surface area contributed by atoms with Gasteiger partial charge in [-0.05, 0) is 98.7 Å². The van der Waals surface area contributed by atoms with Crippen LogP contribution in [0.15, 0.2) is 29.2 Å². The summed E-state index contributed by atoms with van der Waals surface area (Å²) < 4.78 is 29.0. The number of rotatable bonds is 6. The van der Waals surface area contributed by atoms with Gasteiger partial charge in [0.2, 0.25) is 10.0 Å². The molecule has 144 valence electrons. The molecule has 5 rings (SSSR count).